The molecule has 19 heavy (non-hydrogen) atoms. The second kappa shape index (κ2) is 5.31. The van der Waals surface area contributed by atoms with Gasteiger partial charge in [-0.15, -0.1) is 0 Å². The third-order valence-corrected chi connectivity index (χ3v) is 3.04. The minimum atomic E-state index is -1.12. The summed E-state index contributed by atoms with van der Waals surface area (Å²) in [5, 5.41) is 10.5. The summed E-state index contributed by atoms with van der Waals surface area (Å²) in [6, 6.07) is 4.88. The first-order valence-corrected chi connectivity index (χ1v) is 5.90. The molecule has 0 aliphatic carbocycles. The van der Waals surface area contributed by atoms with Crippen LogP contribution in [0.4, 0.5) is 10.1 Å². The monoisotopic (exact) mass is 267 g/mol. The SMILES string of the molecule is N[C@H]1C[C@@H](F)CN(C(=O)c2ccc([N+](=O)[O-])cc2)C1. The van der Waals surface area contributed by atoms with Crippen molar-refractivity contribution in [1.29, 1.82) is 0 Å². The van der Waals surface area contributed by atoms with Gasteiger partial charge in [-0.3, -0.25) is 14.9 Å². The molecule has 102 valence electrons. The normalized spacial score (nSPS) is 23.2. The quantitative estimate of drug-likeness (QED) is 0.642. The van der Waals surface area contributed by atoms with Crippen molar-refractivity contribution >= 4 is 11.6 Å². The lowest BCUT2D eigenvalue weighted by molar-refractivity contribution is -0.384. The van der Waals surface area contributed by atoms with Gasteiger partial charge in [0.1, 0.15) is 6.17 Å². The lowest BCUT2D eigenvalue weighted by Crippen LogP contribution is -2.50. The highest BCUT2D eigenvalue weighted by Crippen LogP contribution is 2.17. The number of nitro benzene ring substituents is 1. The highest BCUT2D eigenvalue weighted by atomic mass is 19.1. The van der Waals surface area contributed by atoms with E-state index in [1.54, 1.807) is 0 Å². The van der Waals surface area contributed by atoms with Gasteiger partial charge in [0, 0.05) is 30.3 Å². The van der Waals surface area contributed by atoms with E-state index in [0.29, 0.717) is 12.1 Å². The van der Waals surface area contributed by atoms with Gasteiger partial charge in [-0.2, -0.15) is 0 Å². The van der Waals surface area contributed by atoms with Gasteiger partial charge >= 0.3 is 0 Å². The Bertz CT molecular complexity index is 481. The van der Waals surface area contributed by atoms with E-state index >= 15 is 0 Å². The van der Waals surface area contributed by atoms with Crippen LogP contribution in [-0.2, 0) is 0 Å². The van der Waals surface area contributed by atoms with Crippen LogP contribution in [0, 0.1) is 10.1 Å². The molecule has 0 unspecified atom stereocenters. The molecule has 2 N–H and O–H groups in total. The van der Waals surface area contributed by atoms with Crippen molar-refractivity contribution < 1.29 is 14.1 Å². The molecule has 0 radical (unpaired) electrons. The van der Waals surface area contributed by atoms with Crippen molar-refractivity contribution in [2.24, 2.45) is 5.73 Å². The number of halogens is 1. The molecule has 1 amide bonds. The van der Waals surface area contributed by atoms with Crippen LogP contribution in [0.15, 0.2) is 24.3 Å². The van der Waals surface area contributed by atoms with Gasteiger partial charge in [0.15, 0.2) is 0 Å². The third-order valence-electron chi connectivity index (χ3n) is 3.04. The van der Waals surface area contributed by atoms with Crippen molar-refractivity contribution in [3.8, 4) is 0 Å². The van der Waals surface area contributed by atoms with E-state index in [1.807, 2.05) is 0 Å². The Morgan fingerprint density at radius 3 is 2.53 bits per heavy atom. The fourth-order valence-electron chi connectivity index (χ4n) is 2.15. The summed E-state index contributed by atoms with van der Waals surface area (Å²) < 4.78 is 13.4. The summed E-state index contributed by atoms with van der Waals surface area (Å²) in [6.07, 6.45) is -0.866. The summed E-state index contributed by atoms with van der Waals surface area (Å²) in [4.78, 5) is 23.4. The molecule has 1 aliphatic rings. The highest BCUT2D eigenvalue weighted by molar-refractivity contribution is 5.94. The zero-order chi connectivity index (χ0) is 14.0. The Morgan fingerprint density at radius 1 is 1.37 bits per heavy atom. The van der Waals surface area contributed by atoms with Gasteiger partial charge in [0.25, 0.3) is 11.6 Å². The van der Waals surface area contributed by atoms with Crippen LogP contribution in [0.2, 0.25) is 0 Å². The molecule has 1 aromatic carbocycles. The smallest absolute Gasteiger partial charge is 0.269 e. The van der Waals surface area contributed by atoms with Crippen molar-refractivity contribution in [2.45, 2.75) is 18.6 Å². The fraction of sp³-hybridized carbons (Fsp3) is 0.417. The second-order valence-electron chi connectivity index (χ2n) is 4.61. The molecule has 2 atom stereocenters. The predicted molar refractivity (Wildman–Crippen MR) is 66.5 cm³/mol. The van der Waals surface area contributed by atoms with Crippen molar-refractivity contribution in [1.82, 2.24) is 4.90 Å². The number of carbonyl (C=O) groups is 1. The van der Waals surface area contributed by atoms with Gasteiger partial charge in [-0.1, -0.05) is 0 Å². The Morgan fingerprint density at radius 2 is 2.00 bits per heavy atom. The van der Waals surface area contributed by atoms with E-state index in [4.69, 9.17) is 5.73 Å². The third kappa shape index (κ3) is 3.05. The summed E-state index contributed by atoms with van der Waals surface area (Å²) >= 11 is 0. The molecular formula is C12H14FN3O3. The minimum Gasteiger partial charge on any atom is -0.334 e. The Balaban J connectivity index is 2.12. The van der Waals surface area contributed by atoms with E-state index in [9.17, 15) is 19.3 Å². The number of nitrogens with two attached hydrogens (primary N) is 1. The number of benzene rings is 1. The first kappa shape index (κ1) is 13.4. The van der Waals surface area contributed by atoms with Crippen molar-refractivity contribution in [3.63, 3.8) is 0 Å². The molecule has 0 saturated carbocycles. The number of piperidine rings is 1. The Labute approximate surface area is 109 Å². The van der Waals surface area contributed by atoms with Gasteiger partial charge in [0.05, 0.1) is 11.5 Å². The van der Waals surface area contributed by atoms with Gasteiger partial charge in [0.2, 0.25) is 0 Å². The zero-order valence-corrected chi connectivity index (χ0v) is 10.2. The number of hydrogen-bond donors (Lipinski definition) is 1. The number of likely N-dealkylation sites (tertiary alicyclic amines) is 1. The summed E-state index contributed by atoms with van der Waals surface area (Å²) in [5.74, 6) is -0.354. The van der Waals surface area contributed by atoms with Crippen LogP contribution < -0.4 is 5.73 Å². The number of carbonyl (C=O) groups excluding carboxylic acids is 1. The van der Waals surface area contributed by atoms with Gasteiger partial charge in [-0.05, 0) is 18.6 Å². The van der Waals surface area contributed by atoms with Crippen LogP contribution in [0.3, 0.4) is 0 Å². The first-order chi connectivity index (χ1) is 8.97. The number of non-ortho nitro benzene ring substituents is 1. The fourth-order valence-corrected chi connectivity index (χ4v) is 2.15. The lowest BCUT2D eigenvalue weighted by atomic mass is 10.0. The number of rotatable bonds is 2. The van der Waals surface area contributed by atoms with Crippen LogP contribution in [-0.4, -0.2) is 41.0 Å². The molecule has 2 rings (SSSR count). The van der Waals surface area contributed by atoms with Crippen LogP contribution in [0.5, 0.6) is 0 Å². The van der Waals surface area contributed by atoms with E-state index in [1.165, 1.54) is 29.2 Å². The summed E-state index contributed by atoms with van der Waals surface area (Å²) in [6.45, 7) is 0.319. The largest absolute Gasteiger partial charge is 0.334 e. The van der Waals surface area contributed by atoms with Gasteiger partial charge < -0.3 is 10.6 Å². The molecular weight excluding hydrogens is 253 g/mol. The molecule has 1 saturated heterocycles. The number of alkyl halides is 1. The maximum atomic E-state index is 13.4. The topological polar surface area (TPSA) is 89.5 Å². The maximum absolute atomic E-state index is 13.4. The van der Waals surface area contributed by atoms with Crippen molar-refractivity contribution in [3.05, 3.63) is 39.9 Å². The average Bonchev–Trinajstić information content (AvgIpc) is 2.37. The number of amides is 1. The highest BCUT2D eigenvalue weighted by Gasteiger charge is 2.28. The standard InChI is InChI=1S/C12H14FN3O3/c13-9-5-10(14)7-15(6-9)12(17)8-1-3-11(4-2-8)16(18)19/h1-4,9-10H,5-7,14H2/t9-,10+/m1/s1. The van der Waals surface area contributed by atoms with E-state index in [2.05, 4.69) is 0 Å². The molecule has 0 bridgehead atoms. The predicted octanol–water partition coefficient (Wildman–Crippen LogP) is 1.11. The molecule has 7 heteroatoms. The van der Waals surface area contributed by atoms with E-state index < -0.39 is 11.1 Å². The molecule has 1 aliphatic heterocycles. The molecule has 6 nitrogen and oxygen atoms in total. The maximum Gasteiger partial charge on any atom is 0.269 e. The average molecular weight is 267 g/mol. The second-order valence-corrected chi connectivity index (χ2v) is 4.61. The Hall–Kier alpha value is -2.02. The Kier molecular flexibility index (Phi) is 3.75. The minimum absolute atomic E-state index is 0.0174. The lowest BCUT2D eigenvalue weighted by Gasteiger charge is -2.32. The first-order valence-electron chi connectivity index (χ1n) is 5.90. The molecule has 1 aromatic rings. The number of nitro groups is 1. The molecule has 1 fully saturated rings. The summed E-state index contributed by atoms with van der Waals surface area (Å²) in [5.41, 5.74) is 5.88. The van der Waals surface area contributed by atoms with E-state index in [-0.39, 0.29) is 30.6 Å². The van der Waals surface area contributed by atoms with Crippen molar-refractivity contribution in [2.75, 3.05) is 13.1 Å². The molecule has 0 spiro atoms. The van der Waals surface area contributed by atoms with E-state index in [0.717, 1.165) is 0 Å². The summed E-state index contributed by atoms with van der Waals surface area (Å²) in [7, 11) is 0. The molecule has 1 heterocycles. The number of hydrogen-bond acceptors (Lipinski definition) is 4. The number of nitrogens with zero attached hydrogens (tertiary/aromatic N) is 2. The van der Waals surface area contributed by atoms with Crippen LogP contribution in [0.25, 0.3) is 0 Å². The van der Waals surface area contributed by atoms with Gasteiger partial charge in [-0.25, -0.2) is 4.39 Å². The van der Waals surface area contributed by atoms with Crippen LogP contribution >= 0.6 is 0 Å². The zero-order valence-electron chi connectivity index (χ0n) is 10.2. The van der Waals surface area contributed by atoms with Crippen LogP contribution in [0.1, 0.15) is 16.8 Å². The molecule has 0 aromatic heterocycles.